The Balaban J connectivity index is 2.20. The molecular formula is C7H11N. The van der Waals surface area contributed by atoms with Crippen molar-refractivity contribution in [3.63, 3.8) is 0 Å². The minimum atomic E-state index is 0.540. The first-order valence-corrected chi connectivity index (χ1v) is 2.88. The first kappa shape index (κ1) is 5.57. The molecule has 0 aromatic rings. The molecule has 0 saturated carbocycles. The van der Waals surface area contributed by atoms with Gasteiger partial charge in [0.2, 0.25) is 0 Å². The van der Waals surface area contributed by atoms with Gasteiger partial charge in [0, 0.05) is 12.1 Å². The lowest BCUT2D eigenvalue weighted by Crippen LogP contribution is -2.49. The highest BCUT2D eigenvalue weighted by Gasteiger charge is 2.21. The quantitative estimate of drug-likeness (QED) is 0.523. The lowest BCUT2D eigenvalue weighted by molar-refractivity contribution is 0.362. The van der Waals surface area contributed by atoms with Crippen molar-refractivity contribution < 1.29 is 0 Å². The molecule has 44 valence electrons. The van der Waals surface area contributed by atoms with E-state index in [1.165, 1.54) is 6.42 Å². The molecule has 1 rings (SSSR count). The summed E-state index contributed by atoms with van der Waals surface area (Å²) in [5.41, 5.74) is 0. The van der Waals surface area contributed by atoms with Gasteiger partial charge >= 0.3 is 0 Å². The van der Waals surface area contributed by atoms with E-state index in [9.17, 15) is 0 Å². The summed E-state index contributed by atoms with van der Waals surface area (Å²) in [7, 11) is 0. The maximum atomic E-state index is 3.65. The van der Waals surface area contributed by atoms with Gasteiger partial charge in [-0.1, -0.05) is 12.2 Å². The molecule has 1 aliphatic rings. The van der Waals surface area contributed by atoms with Gasteiger partial charge in [0.05, 0.1) is 0 Å². The van der Waals surface area contributed by atoms with Crippen LogP contribution >= 0.6 is 0 Å². The Morgan fingerprint density at radius 1 is 1.25 bits per heavy atom. The van der Waals surface area contributed by atoms with E-state index >= 15 is 0 Å². The summed E-state index contributed by atoms with van der Waals surface area (Å²) in [5.74, 6) is 0. The second kappa shape index (κ2) is 2.14. The van der Waals surface area contributed by atoms with E-state index in [4.69, 9.17) is 0 Å². The Bertz CT molecular complexity index is 89.0. The van der Waals surface area contributed by atoms with Crippen molar-refractivity contribution >= 4 is 0 Å². The summed E-state index contributed by atoms with van der Waals surface area (Å²) >= 11 is 0. The fourth-order valence-corrected chi connectivity index (χ4v) is 0.853. The minimum absolute atomic E-state index is 0.540. The third-order valence-corrected chi connectivity index (χ3v) is 1.51. The van der Waals surface area contributed by atoms with Gasteiger partial charge in [0.1, 0.15) is 0 Å². The average Bonchev–Trinajstić information content (AvgIpc) is 1.65. The van der Waals surface area contributed by atoms with Crippen molar-refractivity contribution in [2.24, 2.45) is 0 Å². The van der Waals surface area contributed by atoms with Gasteiger partial charge in [-0.05, 0) is 6.42 Å². The fraction of sp³-hybridized carbons (Fsp3) is 0.429. The topological polar surface area (TPSA) is 12.0 Å². The van der Waals surface area contributed by atoms with E-state index in [2.05, 4.69) is 18.5 Å². The van der Waals surface area contributed by atoms with Crippen molar-refractivity contribution in [3.8, 4) is 0 Å². The Hall–Kier alpha value is -0.560. The van der Waals surface area contributed by atoms with Crippen molar-refractivity contribution in [1.82, 2.24) is 5.32 Å². The molecule has 1 heteroatoms. The van der Waals surface area contributed by atoms with Crippen LogP contribution in [-0.2, 0) is 0 Å². The van der Waals surface area contributed by atoms with Gasteiger partial charge in [-0.25, -0.2) is 0 Å². The van der Waals surface area contributed by atoms with Gasteiger partial charge in [-0.3, -0.25) is 0 Å². The van der Waals surface area contributed by atoms with Gasteiger partial charge in [0.25, 0.3) is 0 Å². The largest absolute Gasteiger partial charge is 0.304 e. The number of hydrogen-bond acceptors (Lipinski definition) is 1. The van der Waals surface area contributed by atoms with Gasteiger partial charge in [-0.2, -0.15) is 0 Å². The zero-order valence-electron chi connectivity index (χ0n) is 4.93. The number of rotatable bonds is 2. The van der Waals surface area contributed by atoms with Crippen molar-refractivity contribution in [2.75, 3.05) is 0 Å². The normalized spacial score (nSPS) is 35.5. The highest BCUT2D eigenvalue weighted by atomic mass is 15.0. The van der Waals surface area contributed by atoms with Crippen LogP contribution in [0.25, 0.3) is 0 Å². The monoisotopic (exact) mass is 109 g/mol. The maximum Gasteiger partial charge on any atom is 0.0270 e. The lowest BCUT2D eigenvalue weighted by atomic mass is 9.98. The van der Waals surface area contributed by atoms with E-state index in [1.807, 2.05) is 12.2 Å². The van der Waals surface area contributed by atoms with Crippen LogP contribution < -0.4 is 5.32 Å². The van der Waals surface area contributed by atoms with E-state index in [1.54, 1.807) is 0 Å². The minimum Gasteiger partial charge on any atom is -0.304 e. The molecule has 0 amide bonds. The van der Waals surface area contributed by atoms with Crippen LogP contribution in [0.5, 0.6) is 0 Å². The fourth-order valence-electron chi connectivity index (χ4n) is 0.853. The van der Waals surface area contributed by atoms with Crippen LogP contribution in [0, 0.1) is 0 Å². The lowest BCUT2D eigenvalue weighted by Gasteiger charge is -2.32. The molecule has 2 atom stereocenters. The predicted molar refractivity (Wildman–Crippen MR) is 35.7 cm³/mol. The molecule has 1 nitrogen and oxygen atoms in total. The zero-order valence-corrected chi connectivity index (χ0v) is 4.93. The number of hydrogen-bond donors (Lipinski definition) is 1. The molecule has 0 aromatic heterocycles. The predicted octanol–water partition coefficient (Wildman–Crippen LogP) is 1.09. The van der Waals surface area contributed by atoms with E-state index in [0.29, 0.717) is 12.1 Å². The highest BCUT2D eigenvalue weighted by molar-refractivity contribution is 5.05. The first-order chi connectivity index (χ1) is 3.86. The van der Waals surface area contributed by atoms with Crippen LogP contribution in [0.3, 0.4) is 0 Å². The maximum absolute atomic E-state index is 3.65. The Labute approximate surface area is 50.1 Å². The van der Waals surface area contributed by atoms with Crippen molar-refractivity contribution in [1.29, 1.82) is 0 Å². The number of nitrogens with one attached hydrogen (secondary N) is 1. The Morgan fingerprint density at radius 2 is 1.62 bits per heavy atom. The van der Waals surface area contributed by atoms with Crippen LogP contribution in [0.15, 0.2) is 25.3 Å². The van der Waals surface area contributed by atoms with E-state index in [0.717, 1.165) is 0 Å². The second-order valence-corrected chi connectivity index (χ2v) is 2.09. The van der Waals surface area contributed by atoms with Gasteiger partial charge < -0.3 is 5.32 Å². The van der Waals surface area contributed by atoms with E-state index < -0.39 is 0 Å². The summed E-state index contributed by atoms with van der Waals surface area (Å²) in [6.45, 7) is 7.31. The summed E-state index contributed by atoms with van der Waals surface area (Å²) in [6.07, 6.45) is 5.03. The molecular weight excluding hydrogens is 98.1 g/mol. The summed E-state index contributed by atoms with van der Waals surface area (Å²) in [4.78, 5) is 0. The van der Waals surface area contributed by atoms with Crippen LogP contribution in [0.2, 0.25) is 0 Å². The third kappa shape index (κ3) is 0.819. The summed E-state index contributed by atoms with van der Waals surface area (Å²) in [6, 6.07) is 1.08. The Kier molecular flexibility index (Phi) is 1.49. The van der Waals surface area contributed by atoms with Crippen LogP contribution in [-0.4, -0.2) is 12.1 Å². The first-order valence-electron chi connectivity index (χ1n) is 2.88. The highest BCUT2D eigenvalue weighted by Crippen LogP contribution is 2.11. The summed E-state index contributed by atoms with van der Waals surface area (Å²) < 4.78 is 0. The molecule has 2 unspecified atom stereocenters. The van der Waals surface area contributed by atoms with Crippen molar-refractivity contribution in [2.45, 2.75) is 18.5 Å². The SMILES string of the molecule is C=CC1CC(C=C)N1. The molecule has 0 aliphatic carbocycles. The van der Waals surface area contributed by atoms with Crippen LogP contribution in [0.4, 0.5) is 0 Å². The molecule has 1 aliphatic heterocycles. The average molecular weight is 109 g/mol. The van der Waals surface area contributed by atoms with Crippen molar-refractivity contribution in [3.05, 3.63) is 25.3 Å². The summed E-state index contributed by atoms with van der Waals surface area (Å²) in [5, 5.41) is 3.24. The van der Waals surface area contributed by atoms with E-state index in [-0.39, 0.29) is 0 Å². The molecule has 0 radical (unpaired) electrons. The molecule has 0 bridgehead atoms. The molecule has 0 aromatic carbocycles. The standard InChI is InChI=1S/C7H11N/c1-3-6-5-7(4-2)8-6/h3-4,6-8H,1-2,5H2. The molecule has 1 fully saturated rings. The molecule has 1 saturated heterocycles. The molecule has 1 N–H and O–H groups in total. The smallest absolute Gasteiger partial charge is 0.0270 e. The van der Waals surface area contributed by atoms with Crippen LogP contribution in [0.1, 0.15) is 6.42 Å². The molecule has 8 heavy (non-hydrogen) atoms. The third-order valence-electron chi connectivity index (χ3n) is 1.51. The Morgan fingerprint density at radius 3 is 1.88 bits per heavy atom. The van der Waals surface area contributed by atoms with Gasteiger partial charge in [-0.15, -0.1) is 13.2 Å². The zero-order chi connectivity index (χ0) is 5.98. The second-order valence-electron chi connectivity index (χ2n) is 2.09. The molecule has 0 spiro atoms. The van der Waals surface area contributed by atoms with Gasteiger partial charge in [0.15, 0.2) is 0 Å². The molecule has 1 heterocycles.